The highest BCUT2D eigenvalue weighted by atomic mass is 35.5. The van der Waals surface area contributed by atoms with Gasteiger partial charge >= 0.3 is 0 Å². The highest BCUT2D eigenvalue weighted by molar-refractivity contribution is 6.30. The third-order valence-electron chi connectivity index (χ3n) is 9.11. The molecule has 6 heteroatoms. The Morgan fingerprint density at radius 1 is 0.434 bits per heavy atom. The molecule has 2 heterocycles. The van der Waals surface area contributed by atoms with Gasteiger partial charge in [-0.1, -0.05) is 165 Å². The van der Waals surface area contributed by atoms with Gasteiger partial charge in [0.05, 0.1) is 11.4 Å². The van der Waals surface area contributed by atoms with E-state index in [9.17, 15) is 0 Å². The van der Waals surface area contributed by atoms with E-state index in [1.165, 1.54) is 5.57 Å². The largest absolute Gasteiger partial charge is 0.248 e. The van der Waals surface area contributed by atoms with Gasteiger partial charge in [-0.05, 0) is 76.6 Å². The molecule has 0 bridgehead atoms. The lowest BCUT2D eigenvalue weighted by Crippen LogP contribution is -2.03. The van der Waals surface area contributed by atoms with Crippen LogP contribution in [0.4, 0.5) is 0 Å². The number of halogens is 2. The summed E-state index contributed by atoms with van der Waals surface area (Å²) in [6.07, 6.45) is 4.92. The monoisotopic (exact) mass is 728 g/mol. The molecule has 0 aliphatic heterocycles. The second-order valence-electron chi connectivity index (χ2n) is 12.7. The second kappa shape index (κ2) is 16.3. The maximum Gasteiger partial charge on any atom is 0.164 e. The smallest absolute Gasteiger partial charge is 0.164 e. The number of nitrogens with zero attached hydrogens (tertiary/aromatic N) is 4. The molecule has 7 aromatic rings. The molecular weight excluding hydrogens is 691 g/mol. The summed E-state index contributed by atoms with van der Waals surface area (Å²) in [5, 5.41) is 1.58. The van der Waals surface area contributed by atoms with Crippen LogP contribution in [0.15, 0.2) is 163 Å². The minimum Gasteiger partial charge on any atom is -0.248 e. The van der Waals surface area contributed by atoms with E-state index in [0.717, 1.165) is 67.3 Å². The van der Waals surface area contributed by atoms with E-state index in [-0.39, 0.29) is 5.92 Å². The van der Waals surface area contributed by atoms with Crippen LogP contribution in [0.2, 0.25) is 5.02 Å². The fourth-order valence-corrected chi connectivity index (χ4v) is 6.56. The lowest BCUT2D eigenvalue weighted by molar-refractivity contribution is 0.731. The zero-order chi connectivity index (χ0) is 36.7. The minimum absolute atomic E-state index is 0.249. The summed E-state index contributed by atoms with van der Waals surface area (Å²) in [5.41, 5.74) is 11.2. The molecule has 0 saturated carbocycles. The Kier molecular flexibility index (Phi) is 11.0. The van der Waals surface area contributed by atoms with Crippen molar-refractivity contribution in [2.24, 2.45) is 5.92 Å². The van der Waals surface area contributed by atoms with E-state index in [1.54, 1.807) is 0 Å². The first-order valence-corrected chi connectivity index (χ1v) is 18.7. The van der Waals surface area contributed by atoms with Gasteiger partial charge in [-0.3, -0.25) is 0 Å². The fraction of sp³-hybridized carbons (Fsp3) is 0.106. The normalized spacial score (nSPS) is 13.7. The van der Waals surface area contributed by atoms with Gasteiger partial charge in [-0.25, -0.2) is 19.9 Å². The lowest BCUT2D eigenvalue weighted by Gasteiger charge is -2.19. The molecule has 0 saturated heterocycles. The molecule has 0 radical (unpaired) electrons. The molecule has 0 unspecified atom stereocenters. The summed E-state index contributed by atoms with van der Waals surface area (Å²) < 4.78 is 0. The van der Waals surface area contributed by atoms with Gasteiger partial charge in [0.1, 0.15) is 0 Å². The topological polar surface area (TPSA) is 51.6 Å². The number of allylic oxidation sites excluding steroid dienone is 4. The van der Waals surface area contributed by atoms with Crippen LogP contribution < -0.4 is 0 Å². The molecule has 0 amide bonds. The Hall–Kier alpha value is -5.68. The highest BCUT2D eigenvalue weighted by Gasteiger charge is 2.18. The summed E-state index contributed by atoms with van der Waals surface area (Å²) in [7, 11) is 0. The van der Waals surface area contributed by atoms with E-state index in [4.69, 9.17) is 43.1 Å². The molecule has 0 spiro atoms. The van der Waals surface area contributed by atoms with Crippen molar-refractivity contribution in [2.45, 2.75) is 27.2 Å². The molecule has 1 atom stereocenters. The van der Waals surface area contributed by atoms with E-state index in [0.29, 0.717) is 22.5 Å². The number of hydrogen-bond donors (Lipinski definition) is 0. The van der Waals surface area contributed by atoms with Crippen molar-refractivity contribution >= 4 is 28.8 Å². The first kappa shape index (κ1) is 35.7. The maximum atomic E-state index is 6.44. The van der Waals surface area contributed by atoms with Gasteiger partial charge in [0.25, 0.3) is 0 Å². The summed E-state index contributed by atoms with van der Waals surface area (Å²) in [5.74, 6) is 2.15. The predicted octanol–water partition coefficient (Wildman–Crippen LogP) is 13.5. The van der Waals surface area contributed by atoms with Gasteiger partial charge in [-0.2, -0.15) is 0 Å². The third-order valence-corrected chi connectivity index (χ3v) is 9.86. The van der Waals surface area contributed by atoms with Crippen LogP contribution in [-0.4, -0.2) is 19.9 Å². The molecule has 53 heavy (non-hydrogen) atoms. The van der Waals surface area contributed by atoms with Crippen molar-refractivity contribution in [3.8, 4) is 67.7 Å². The first-order chi connectivity index (χ1) is 26.0. The lowest BCUT2D eigenvalue weighted by atomic mass is 9.91. The Morgan fingerprint density at radius 2 is 0.925 bits per heavy atom. The van der Waals surface area contributed by atoms with Crippen LogP contribution in [0.5, 0.6) is 0 Å². The quantitative estimate of drug-likeness (QED) is 0.164. The van der Waals surface area contributed by atoms with E-state index in [1.807, 2.05) is 111 Å². The molecule has 2 aromatic heterocycles. The number of benzene rings is 5. The van der Waals surface area contributed by atoms with Crippen molar-refractivity contribution < 1.29 is 0 Å². The van der Waals surface area contributed by atoms with Crippen LogP contribution in [0, 0.1) is 5.92 Å². The van der Waals surface area contributed by atoms with Crippen molar-refractivity contribution in [1.29, 1.82) is 0 Å². The average molecular weight is 730 g/mol. The van der Waals surface area contributed by atoms with Gasteiger partial charge in [-0.15, -0.1) is 0 Å². The molecule has 5 aromatic carbocycles. The summed E-state index contributed by atoms with van der Waals surface area (Å²) in [4.78, 5) is 19.9. The minimum atomic E-state index is 0.249. The standard InChI is InChI=1S/C45H32Cl2N4.C2H6/c1-29-25-36(21-24-40(29)47)42-28-38(31-19-22-39(46)23-20-31)27-41(48-42)32-17-15-30(16-18-32)35-13-8-14-37(26-35)45-50-43(33-9-4-2-5-10-33)49-44(51-45)34-11-6-3-7-12-34;1-2/h2-24,26-29H,25H2,1H3;1-2H3/t29-;/m0./s1. The SMILES string of the molecule is CC.C[C@H]1CC(c2cc(-c3ccc(Cl)cc3)cc(-c3ccc(-c4cccc(-c5nc(-c6ccccc6)nc(-c6ccccc6)n5)c4)cc3)n2)=CC=C1Cl. The summed E-state index contributed by atoms with van der Waals surface area (Å²) >= 11 is 12.7. The molecule has 1 aliphatic carbocycles. The average Bonchev–Trinajstić information content (AvgIpc) is 3.23. The number of rotatable bonds is 7. The van der Waals surface area contributed by atoms with Crippen molar-refractivity contribution in [2.75, 3.05) is 0 Å². The predicted molar refractivity (Wildman–Crippen MR) is 222 cm³/mol. The van der Waals surface area contributed by atoms with Gasteiger partial charge < -0.3 is 0 Å². The molecule has 260 valence electrons. The molecule has 1 aliphatic rings. The van der Waals surface area contributed by atoms with Crippen LogP contribution in [0.3, 0.4) is 0 Å². The molecule has 0 N–H and O–H groups in total. The highest BCUT2D eigenvalue weighted by Crippen LogP contribution is 2.36. The number of pyridine rings is 1. The van der Waals surface area contributed by atoms with Crippen LogP contribution in [0.25, 0.3) is 73.2 Å². The van der Waals surface area contributed by atoms with Gasteiger partial charge in [0.15, 0.2) is 17.5 Å². The van der Waals surface area contributed by atoms with Crippen molar-refractivity contribution in [3.63, 3.8) is 0 Å². The summed E-state index contributed by atoms with van der Waals surface area (Å²) in [6.45, 7) is 6.15. The van der Waals surface area contributed by atoms with Crippen molar-refractivity contribution in [3.05, 3.63) is 173 Å². The van der Waals surface area contributed by atoms with E-state index >= 15 is 0 Å². The first-order valence-electron chi connectivity index (χ1n) is 17.9. The second-order valence-corrected chi connectivity index (χ2v) is 13.6. The molecule has 0 fully saturated rings. The molecule has 4 nitrogen and oxygen atoms in total. The molecule has 8 rings (SSSR count). The van der Waals surface area contributed by atoms with E-state index < -0.39 is 0 Å². The fourth-order valence-electron chi connectivity index (χ4n) is 6.29. The maximum absolute atomic E-state index is 6.44. The van der Waals surface area contributed by atoms with Crippen molar-refractivity contribution in [1.82, 2.24) is 19.9 Å². The van der Waals surface area contributed by atoms with Gasteiger partial charge in [0.2, 0.25) is 0 Å². The van der Waals surface area contributed by atoms with Crippen LogP contribution in [-0.2, 0) is 0 Å². The van der Waals surface area contributed by atoms with E-state index in [2.05, 4.69) is 67.6 Å². The zero-order valence-electron chi connectivity index (χ0n) is 29.8. The Morgan fingerprint density at radius 3 is 1.53 bits per heavy atom. The Bertz CT molecular complexity index is 2350. The number of hydrogen-bond acceptors (Lipinski definition) is 4. The number of aromatic nitrogens is 4. The Balaban J connectivity index is 0.00000214. The summed E-state index contributed by atoms with van der Waals surface area (Å²) in [6, 6.07) is 49.2. The third kappa shape index (κ3) is 8.20. The zero-order valence-corrected chi connectivity index (χ0v) is 31.4. The Labute approximate surface area is 321 Å². The van der Waals surface area contributed by atoms with Gasteiger partial charge in [0, 0.05) is 32.3 Å². The van der Waals surface area contributed by atoms with Crippen LogP contribution in [0.1, 0.15) is 32.9 Å². The van der Waals surface area contributed by atoms with Crippen LogP contribution >= 0.6 is 23.2 Å². The molecular formula is C47H38Cl2N4.